The standard InChI is InChI=1S/C14H18BrN3O2/c1-2-13(19)17-4-3-5-18(7-6-17)14(20)11-8-12(15)10-16-9-11/h8-10H,2-7H2,1H3. The van der Waals surface area contributed by atoms with Crippen molar-refractivity contribution in [2.45, 2.75) is 19.8 Å². The first kappa shape index (κ1) is 15.0. The highest BCUT2D eigenvalue weighted by molar-refractivity contribution is 9.10. The normalized spacial score (nSPS) is 15.9. The van der Waals surface area contributed by atoms with E-state index in [4.69, 9.17) is 0 Å². The van der Waals surface area contributed by atoms with Gasteiger partial charge in [0, 0.05) is 49.5 Å². The van der Waals surface area contributed by atoms with Crippen LogP contribution in [0.2, 0.25) is 0 Å². The van der Waals surface area contributed by atoms with Gasteiger partial charge in [-0.15, -0.1) is 0 Å². The molecule has 1 aliphatic heterocycles. The molecule has 0 aromatic carbocycles. The summed E-state index contributed by atoms with van der Waals surface area (Å²) in [6.45, 7) is 4.46. The first-order chi connectivity index (χ1) is 9.61. The van der Waals surface area contributed by atoms with E-state index in [2.05, 4.69) is 20.9 Å². The van der Waals surface area contributed by atoms with Gasteiger partial charge in [-0.2, -0.15) is 0 Å². The first-order valence-electron chi connectivity index (χ1n) is 6.79. The van der Waals surface area contributed by atoms with Crippen LogP contribution in [-0.2, 0) is 4.79 Å². The third-order valence-electron chi connectivity index (χ3n) is 3.39. The van der Waals surface area contributed by atoms with Crippen LogP contribution in [0.5, 0.6) is 0 Å². The van der Waals surface area contributed by atoms with Crippen LogP contribution < -0.4 is 0 Å². The fourth-order valence-corrected chi connectivity index (χ4v) is 2.67. The molecule has 0 spiro atoms. The Hall–Kier alpha value is -1.43. The molecule has 20 heavy (non-hydrogen) atoms. The Morgan fingerprint density at radius 1 is 1.20 bits per heavy atom. The summed E-state index contributed by atoms with van der Waals surface area (Å²) >= 11 is 3.32. The highest BCUT2D eigenvalue weighted by atomic mass is 79.9. The summed E-state index contributed by atoms with van der Waals surface area (Å²) in [4.78, 5) is 31.8. The number of halogens is 1. The smallest absolute Gasteiger partial charge is 0.255 e. The lowest BCUT2D eigenvalue weighted by molar-refractivity contribution is -0.130. The van der Waals surface area contributed by atoms with E-state index in [-0.39, 0.29) is 11.8 Å². The highest BCUT2D eigenvalue weighted by Crippen LogP contribution is 2.13. The molecule has 0 radical (unpaired) electrons. The fourth-order valence-electron chi connectivity index (χ4n) is 2.30. The van der Waals surface area contributed by atoms with E-state index >= 15 is 0 Å². The number of nitrogens with zero attached hydrogens (tertiary/aromatic N) is 3. The van der Waals surface area contributed by atoms with Crippen molar-refractivity contribution >= 4 is 27.7 Å². The maximum absolute atomic E-state index is 12.4. The van der Waals surface area contributed by atoms with Crippen molar-refractivity contribution in [3.63, 3.8) is 0 Å². The summed E-state index contributed by atoms with van der Waals surface area (Å²) in [6.07, 6.45) is 4.57. The molecule has 2 amide bonds. The Morgan fingerprint density at radius 3 is 2.60 bits per heavy atom. The molecule has 0 atom stereocenters. The Morgan fingerprint density at radius 2 is 1.90 bits per heavy atom. The van der Waals surface area contributed by atoms with Gasteiger partial charge in [0.15, 0.2) is 0 Å². The largest absolute Gasteiger partial charge is 0.341 e. The van der Waals surface area contributed by atoms with Crippen LogP contribution in [0, 0.1) is 0 Å². The minimum Gasteiger partial charge on any atom is -0.341 e. The maximum atomic E-state index is 12.4. The number of hydrogen-bond acceptors (Lipinski definition) is 3. The van der Waals surface area contributed by atoms with Gasteiger partial charge < -0.3 is 9.80 Å². The van der Waals surface area contributed by atoms with E-state index < -0.39 is 0 Å². The molecule has 0 saturated carbocycles. The van der Waals surface area contributed by atoms with Crippen molar-refractivity contribution in [3.8, 4) is 0 Å². The summed E-state index contributed by atoms with van der Waals surface area (Å²) in [6, 6.07) is 1.77. The Labute approximate surface area is 127 Å². The van der Waals surface area contributed by atoms with Gasteiger partial charge in [0.2, 0.25) is 5.91 Å². The zero-order valence-electron chi connectivity index (χ0n) is 11.5. The molecular weight excluding hydrogens is 322 g/mol. The Bertz CT molecular complexity index is 507. The molecule has 108 valence electrons. The van der Waals surface area contributed by atoms with Crippen molar-refractivity contribution in [2.75, 3.05) is 26.2 Å². The first-order valence-corrected chi connectivity index (χ1v) is 7.58. The van der Waals surface area contributed by atoms with Gasteiger partial charge in [0.05, 0.1) is 5.56 Å². The van der Waals surface area contributed by atoms with Gasteiger partial charge in [-0.1, -0.05) is 6.92 Å². The van der Waals surface area contributed by atoms with Crippen molar-refractivity contribution < 1.29 is 9.59 Å². The average molecular weight is 340 g/mol. The van der Waals surface area contributed by atoms with E-state index in [0.717, 1.165) is 17.4 Å². The summed E-state index contributed by atoms with van der Waals surface area (Å²) in [5.74, 6) is 0.132. The molecule has 6 heteroatoms. The van der Waals surface area contributed by atoms with Gasteiger partial charge in [-0.25, -0.2) is 0 Å². The van der Waals surface area contributed by atoms with Crippen LogP contribution in [0.3, 0.4) is 0 Å². The van der Waals surface area contributed by atoms with Crippen molar-refractivity contribution in [3.05, 3.63) is 28.5 Å². The van der Waals surface area contributed by atoms with Gasteiger partial charge in [-0.05, 0) is 28.4 Å². The third-order valence-corrected chi connectivity index (χ3v) is 3.82. The summed E-state index contributed by atoms with van der Waals surface area (Å²) in [5, 5.41) is 0. The predicted molar refractivity (Wildman–Crippen MR) is 79.3 cm³/mol. The van der Waals surface area contributed by atoms with Gasteiger partial charge >= 0.3 is 0 Å². The molecule has 1 saturated heterocycles. The minimum absolute atomic E-state index is 0.0235. The van der Waals surface area contributed by atoms with Gasteiger partial charge in [0.25, 0.3) is 5.91 Å². The minimum atomic E-state index is -0.0235. The summed E-state index contributed by atoms with van der Waals surface area (Å²) < 4.78 is 0.793. The molecular formula is C14H18BrN3O2. The number of pyridine rings is 1. The highest BCUT2D eigenvalue weighted by Gasteiger charge is 2.22. The van der Waals surface area contributed by atoms with Crippen LogP contribution in [0.1, 0.15) is 30.1 Å². The molecule has 1 fully saturated rings. The molecule has 2 heterocycles. The Balaban J connectivity index is 2.03. The van der Waals surface area contributed by atoms with Crippen LogP contribution in [0.15, 0.2) is 22.9 Å². The van der Waals surface area contributed by atoms with E-state index in [9.17, 15) is 9.59 Å². The number of rotatable bonds is 2. The summed E-state index contributed by atoms with van der Waals surface area (Å²) in [5.41, 5.74) is 0.578. The molecule has 0 aliphatic carbocycles. The number of carbonyl (C=O) groups excluding carboxylic acids is 2. The second kappa shape index (κ2) is 6.83. The van der Waals surface area contributed by atoms with E-state index in [1.165, 1.54) is 0 Å². The zero-order chi connectivity index (χ0) is 14.5. The lowest BCUT2D eigenvalue weighted by Gasteiger charge is -2.22. The van der Waals surface area contributed by atoms with E-state index in [1.807, 2.05) is 11.8 Å². The molecule has 0 bridgehead atoms. The monoisotopic (exact) mass is 339 g/mol. The molecule has 0 unspecified atom stereocenters. The third kappa shape index (κ3) is 3.56. The van der Waals surface area contributed by atoms with E-state index in [1.54, 1.807) is 23.4 Å². The van der Waals surface area contributed by atoms with Crippen LogP contribution in [0.4, 0.5) is 0 Å². The summed E-state index contributed by atoms with van der Waals surface area (Å²) in [7, 11) is 0. The van der Waals surface area contributed by atoms with Crippen molar-refractivity contribution in [2.24, 2.45) is 0 Å². The van der Waals surface area contributed by atoms with Gasteiger partial charge in [0.1, 0.15) is 0 Å². The molecule has 2 rings (SSSR count). The quantitative estimate of drug-likeness (QED) is 0.827. The molecule has 1 aromatic rings. The zero-order valence-corrected chi connectivity index (χ0v) is 13.1. The fraction of sp³-hybridized carbons (Fsp3) is 0.500. The predicted octanol–water partition coefficient (Wildman–Crippen LogP) is 1.93. The molecule has 1 aliphatic rings. The number of hydrogen-bond donors (Lipinski definition) is 0. The Kier molecular flexibility index (Phi) is 5.11. The van der Waals surface area contributed by atoms with Crippen molar-refractivity contribution in [1.82, 2.24) is 14.8 Å². The molecule has 0 N–H and O–H groups in total. The van der Waals surface area contributed by atoms with Crippen LogP contribution in [0.25, 0.3) is 0 Å². The van der Waals surface area contributed by atoms with Gasteiger partial charge in [-0.3, -0.25) is 14.6 Å². The SMILES string of the molecule is CCC(=O)N1CCCN(C(=O)c2cncc(Br)c2)CC1. The van der Waals surface area contributed by atoms with Crippen LogP contribution >= 0.6 is 15.9 Å². The average Bonchev–Trinajstić information content (AvgIpc) is 2.71. The molecule has 5 nitrogen and oxygen atoms in total. The second-order valence-corrected chi connectivity index (χ2v) is 5.69. The topological polar surface area (TPSA) is 53.5 Å². The number of amides is 2. The van der Waals surface area contributed by atoms with Crippen LogP contribution in [-0.4, -0.2) is 52.8 Å². The van der Waals surface area contributed by atoms with Crippen molar-refractivity contribution in [1.29, 1.82) is 0 Å². The number of carbonyl (C=O) groups is 2. The molecule has 1 aromatic heterocycles. The number of aromatic nitrogens is 1. The maximum Gasteiger partial charge on any atom is 0.255 e. The lowest BCUT2D eigenvalue weighted by atomic mass is 10.2. The lowest BCUT2D eigenvalue weighted by Crippen LogP contribution is -2.37. The second-order valence-electron chi connectivity index (χ2n) is 4.77. The van der Waals surface area contributed by atoms with E-state index in [0.29, 0.717) is 31.6 Å².